The second kappa shape index (κ2) is 9.97. The van der Waals surface area contributed by atoms with Crippen molar-refractivity contribution in [1.29, 1.82) is 0 Å². The molecule has 2 N–H and O–H groups in total. The second-order valence-electron chi connectivity index (χ2n) is 8.62. The predicted octanol–water partition coefficient (Wildman–Crippen LogP) is 6.07. The van der Waals surface area contributed by atoms with E-state index in [4.69, 9.17) is 9.84 Å². The number of fused-ring (bicyclic) bond motifs is 1. The lowest BCUT2D eigenvalue weighted by Crippen LogP contribution is -2.32. The van der Waals surface area contributed by atoms with Crippen molar-refractivity contribution in [2.45, 2.75) is 57.0 Å². The smallest absolute Gasteiger partial charge is 0.341 e. The fourth-order valence-corrected chi connectivity index (χ4v) is 4.87. The van der Waals surface area contributed by atoms with Gasteiger partial charge in [-0.1, -0.05) is 67.4 Å². The summed E-state index contributed by atoms with van der Waals surface area (Å²) in [4.78, 5) is 10.7. The van der Waals surface area contributed by atoms with E-state index in [0.717, 1.165) is 6.42 Å². The van der Waals surface area contributed by atoms with E-state index in [-0.39, 0.29) is 6.61 Å². The Morgan fingerprint density at radius 1 is 1.03 bits per heavy atom. The monoisotopic (exact) mass is 417 g/mol. The average molecular weight is 418 g/mol. The zero-order chi connectivity index (χ0) is 21.6. The van der Waals surface area contributed by atoms with Gasteiger partial charge in [-0.3, -0.25) is 0 Å². The Morgan fingerprint density at radius 3 is 2.58 bits per heavy atom. The summed E-state index contributed by atoms with van der Waals surface area (Å²) in [7, 11) is 0. The number of hydrogen-bond donors (Lipinski definition) is 2. The van der Waals surface area contributed by atoms with Crippen LogP contribution >= 0.6 is 0 Å². The lowest BCUT2D eigenvalue weighted by atomic mass is 9.89. The van der Waals surface area contributed by atoms with Gasteiger partial charge in [0.2, 0.25) is 0 Å². The first-order chi connectivity index (χ1) is 15.1. The van der Waals surface area contributed by atoms with Crippen molar-refractivity contribution in [2.75, 3.05) is 6.61 Å². The summed E-state index contributed by atoms with van der Waals surface area (Å²) in [5.41, 5.74) is 2.67. The minimum atomic E-state index is -0.956. The minimum absolute atomic E-state index is 0.293. The normalized spacial score (nSPS) is 20.2. The lowest BCUT2D eigenvalue weighted by molar-refractivity contribution is -0.139. The van der Waals surface area contributed by atoms with Gasteiger partial charge in [0.25, 0.3) is 0 Å². The maximum Gasteiger partial charge on any atom is 0.341 e. The van der Waals surface area contributed by atoms with Gasteiger partial charge in [0, 0.05) is 12.1 Å². The van der Waals surface area contributed by atoms with Crippen LogP contribution in [0.5, 0.6) is 5.75 Å². The van der Waals surface area contributed by atoms with Crippen LogP contribution in [-0.4, -0.2) is 23.7 Å². The summed E-state index contributed by atoms with van der Waals surface area (Å²) >= 11 is 0. The van der Waals surface area contributed by atoms with Gasteiger partial charge in [0.05, 0.1) is 0 Å². The highest BCUT2D eigenvalue weighted by atomic mass is 16.5. The maximum absolute atomic E-state index is 10.7. The molecule has 0 saturated heterocycles. The molecule has 4 nitrogen and oxygen atoms in total. The number of nitrogens with one attached hydrogen (secondary N) is 1. The molecule has 1 saturated carbocycles. The van der Waals surface area contributed by atoms with Gasteiger partial charge in [0.15, 0.2) is 6.61 Å². The van der Waals surface area contributed by atoms with Crippen molar-refractivity contribution in [3.8, 4) is 5.75 Å². The Labute approximate surface area is 184 Å². The number of carboxylic acids is 1. The van der Waals surface area contributed by atoms with Crippen molar-refractivity contribution in [3.05, 3.63) is 77.9 Å². The van der Waals surface area contributed by atoms with Gasteiger partial charge >= 0.3 is 5.97 Å². The first kappa shape index (κ1) is 21.4. The van der Waals surface area contributed by atoms with E-state index in [1.54, 1.807) is 0 Å². The fraction of sp³-hybridized carbons (Fsp3) is 0.370. The van der Waals surface area contributed by atoms with Crippen molar-refractivity contribution in [2.24, 2.45) is 0 Å². The highest BCUT2D eigenvalue weighted by Gasteiger charge is 2.23. The lowest BCUT2D eigenvalue weighted by Gasteiger charge is -2.26. The van der Waals surface area contributed by atoms with Crippen molar-refractivity contribution >= 4 is 16.7 Å². The van der Waals surface area contributed by atoms with E-state index >= 15 is 0 Å². The number of aliphatic carboxylic acids is 1. The minimum Gasteiger partial charge on any atom is -0.482 e. The first-order valence-electron chi connectivity index (χ1n) is 11.3. The van der Waals surface area contributed by atoms with Crippen LogP contribution in [0.3, 0.4) is 0 Å². The third-order valence-electron chi connectivity index (χ3n) is 6.41. The molecule has 4 rings (SSSR count). The van der Waals surface area contributed by atoms with Crippen molar-refractivity contribution < 1.29 is 14.6 Å². The molecular formula is C27H31NO3. The summed E-state index contributed by atoms with van der Waals surface area (Å²) < 4.78 is 5.28. The standard InChI is InChI=1S/C27H31NO3/c1-19(25-12-6-9-21-7-3-5-11-26(21)25)28-23-10-4-2-8-22(17-23)20-13-15-24(16-14-20)31-18-27(29)30/h3,5-7,9,11-16,19,22-23,28H,2,4,8,10,17-18H2,1H3,(H,29,30)/t19-,22?,23?/m1/s1. The zero-order valence-electron chi connectivity index (χ0n) is 18.1. The maximum atomic E-state index is 10.7. The van der Waals surface area contributed by atoms with Gasteiger partial charge < -0.3 is 15.2 Å². The van der Waals surface area contributed by atoms with Gasteiger partial charge in [-0.2, -0.15) is 0 Å². The number of carbonyl (C=O) groups is 1. The molecule has 0 spiro atoms. The third-order valence-corrected chi connectivity index (χ3v) is 6.41. The van der Waals surface area contributed by atoms with Gasteiger partial charge in [-0.25, -0.2) is 4.79 Å². The molecule has 1 aliphatic carbocycles. The summed E-state index contributed by atoms with van der Waals surface area (Å²) in [5, 5.41) is 15.3. The summed E-state index contributed by atoms with van der Waals surface area (Å²) in [6, 6.07) is 23.9. The van der Waals surface area contributed by atoms with E-state index in [0.29, 0.717) is 23.8 Å². The van der Waals surface area contributed by atoms with Crippen LogP contribution in [-0.2, 0) is 4.79 Å². The molecule has 0 radical (unpaired) electrons. The number of benzene rings is 3. The van der Waals surface area contributed by atoms with Crippen LogP contribution in [0.4, 0.5) is 0 Å². The number of carboxylic acid groups (broad SMARTS) is 1. The molecule has 0 aliphatic heterocycles. The molecule has 1 fully saturated rings. The Hall–Kier alpha value is -2.85. The van der Waals surface area contributed by atoms with Crippen LogP contribution < -0.4 is 10.1 Å². The number of rotatable bonds is 7. The molecule has 31 heavy (non-hydrogen) atoms. The topological polar surface area (TPSA) is 58.6 Å². The van der Waals surface area contributed by atoms with Crippen LogP contribution in [0.25, 0.3) is 10.8 Å². The summed E-state index contributed by atoms with van der Waals surface area (Å²) in [5.74, 6) is 0.161. The molecule has 3 aromatic rings. The van der Waals surface area contributed by atoms with Crippen molar-refractivity contribution in [3.63, 3.8) is 0 Å². The first-order valence-corrected chi connectivity index (χ1v) is 11.3. The summed E-state index contributed by atoms with van der Waals surface area (Å²) in [6.45, 7) is 1.97. The van der Waals surface area contributed by atoms with E-state index in [1.807, 2.05) is 12.1 Å². The Morgan fingerprint density at radius 2 is 1.77 bits per heavy atom. The second-order valence-corrected chi connectivity index (χ2v) is 8.62. The third kappa shape index (κ3) is 5.45. The van der Waals surface area contributed by atoms with E-state index in [2.05, 4.69) is 66.8 Å². The zero-order valence-corrected chi connectivity index (χ0v) is 18.1. The molecule has 0 aromatic heterocycles. The predicted molar refractivity (Wildman–Crippen MR) is 125 cm³/mol. The highest BCUT2D eigenvalue weighted by molar-refractivity contribution is 5.86. The molecule has 162 valence electrons. The van der Waals surface area contributed by atoms with E-state index in [9.17, 15) is 4.79 Å². The van der Waals surface area contributed by atoms with Crippen LogP contribution in [0.2, 0.25) is 0 Å². The molecule has 2 unspecified atom stereocenters. The van der Waals surface area contributed by atoms with Gasteiger partial charge in [-0.05, 0) is 66.1 Å². The van der Waals surface area contributed by atoms with E-state index < -0.39 is 5.97 Å². The Bertz CT molecular complexity index is 1010. The van der Waals surface area contributed by atoms with Crippen molar-refractivity contribution in [1.82, 2.24) is 5.32 Å². The molecule has 3 atom stereocenters. The van der Waals surface area contributed by atoms with Gasteiger partial charge in [-0.15, -0.1) is 0 Å². The quantitative estimate of drug-likeness (QED) is 0.458. The SMILES string of the molecule is C[C@@H](NC1CCCCC(c2ccc(OCC(=O)O)cc2)C1)c1cccc2ccccc12. The molecule has 3 aromatic carbocycles. The molecule has 0 bridgehead atoms. The number of hydrogen-bond acceptors (Lipinski definition) is 3. The average Bonchev–Trinajstić information content (AvgIpc) is 3.03. The molecular weight excluding hydrogens is 386 g/mol. The van der Waals surface area contributed by atoms with Crippen LogP contribution in [0.1, 0.15) is 62.1 Å². The van der Waals surface area contributed by atoms with Crippen LogP contribution in [0, 0.1) is 0 Å². The summed E-state index contributed by atoms with van der Waals surface area (Å²) in [6.07, 6.45) is 5.99. The largest absolute Gasteiger partial charge is 0.482 e. The molecule has 4 heteroatoms. The highest BCUT2D eigenvalue weighted by Crippen LogP contribution is 2.34. The van der Waals surface area contributed by atoms with Gasteiger partial charge in [0.1, 0.15) is 5.75 Å². The number of ether oxygens (including phenoxy) is 1. The Kier molecular flexibility index (Phi) is 6.88. The van der Waals surface area contributed by atoms with Crippen LogP contribution in [0.15, 0.2) is 66.7 Å². The molecule has 0 heterocycles. The van der Waals surface area contributed by atoms with E-state index in [1.165, 1.54) is 47.6 Å². The fourth-order valence-electron chi connectivity index (χ4n) is 4.87. The Balaban J connectivity index is 1.44. The molecule has 1 aliphatic rings. The molecule has 0 amide bonds.